The topological polar surface area (TPSA) is 54.3 Å². The summed E-state index contributed by atoms with van der Waals surface area (Å²) >= 11 is 0. The van der Waals surface area contributed by atoms with Crippen LogP contribution < -0.4 is 10.6 Å². The number of nitrogens with one attached hydrogen (secondary N) is 2. The Bertz CT molecular complexity index is 295. The fourth-order valence-electron chi connectivity index (χ4n) is 1.45. The number of rotatable bonds is 1. The van der Waals surface area contributed by atoms with Crippen molar-refractivity contribution in [1.29, 1.82) is 0 Å². The molecular weight excluding hydrogens is 168 g/mol. The Morgan fingerprint density at radius 1 is 1.62 bits per heavy atom. The molecule has 1 aliphatic rings. The Kier molecular flexibility index (Phi) is 2.06. The minimum atomic E-state index is -0.328. The van der Waals surface area contributed by atoms with E-state index in [2.05, 4.69) is 10.6 Å². The highest BCUT2D eigenvalue weighted by molar-refractivity contribution is 5.83. The first-order chi connectivity index (χ1) is 6.27. The second kappa shape index (κ2) is 3.22. The van der Waals surface area contributed by atoms with Crippen LogP contribution in [0, 0.1) is 0 Å². The fraction of sp³-hybridized carbons (Fsp3) is 0.444. The van der Waals surface area contributed by atoms with Crippen molar-refractivity contribution in [2.75, 3.05) is 6.54 Å². The van der Waals surface area contributed by atoms with E-state index in [0.717, 1.165) is 6.54 Å². The first-order valence-electron chi connectivity index (χ1n) is 4.34. The number of carbonyl (C=O) groups is 1. The zero-order valence-electron chi connectivity index (χ0n) is 7.41. The van der Waals surface area contributed by atoms with E-state index in [1.54, 1.807) is 18.4 Å². The molecule has 2 unspecified atom stereocenters. The minimum Gasteiger partial charge on any atom is -0.467 e. The van der Waals surface area contributed by atoms with Gasteiger partial charge in [0.2, 0.25) is 5.91 Å². The van der Waals surface area contributed by atoms with E-state index in [-0.39, 0.29) is 18.0 Å². The Morgan fingerprint density at radius 3 is 3.08 bits per heavy atom. The van der Waals surface area contributed by atoms with Gasteiger partial charge in [0.25, 0.3) is 0 Å². The van der Waals surface area contributed by atoms with E-state index in [0.29, 0.717) is 5.76 Å². The SMILES string of the molecule is CC1CNC(c2ccco2)C(=O)N1. The molecule has 0 saturated carbocycles. The van der Waals surface area contributed by atoms with Gasteiger partial charge in [-0.05, 0) is 19.1 Å². The number of hydrogen-bond acceptors (Lipinski definition) is 3. The maximum absolute atomic E-state index is 11.5. The molecule has 0 aromatic carbocycles. The first-order valence-corrected chi connectivity index (χ1v) is 4.34. The molecule has 1 aromatic heterocycles. The lowest BCUT2D eigenvalue weighted by molar-refractivity contribution is -0.125. The van der Waals surface area contributed by atoms with E-state index in [1.165, 1.54) is 0 Å². The van der Waals surface area contributed by atoms with Crippen molar-refractivity contribution in [2.45, 2.75) is 19.0 Å². The first kappa shape index (κ1) is 8.31. The van der Waals surface area contributed by atoms with Crippen LogP contribution in [-0.4, -0.2) is 18.5 Å². The zero-order chi connectivity index (χ0) is 9.26. The molecule has 1 amide bonds. The minimum absolute atomic E-state index is 0.0197. The van der Waals surface area contributed by atoms with Gasteiger partial charge in [0.05, 0.1) is 6.26 Å². The van der Waals surface area contributed by atoms with Gasteiger partial charge in [-0.1, -0.05) is 0 Å². The van der Waals surface area contributed by atoms with Crippen LogP contribution in [0.3, 0.4) is 0 Å². The molecule has 70 valence electrons. The number of carbonyl (C=O) groups excluding carboxylic acids is 1. The lowest BCUT2D eigenvalue weighted by Gasteiger charge is -2.26. The van der Waals surface area contributed by atoms with E-state index in [9.17, 15) is 4.79 Å². The van der Waals surface area contributed by atoms with Crippen molar-refractivity contribution in [3.8, 4) is 0 Å². The number of hydrogen-bond donors (Lipinski definition) is 2. The van der Waals surface area contributed by atoms with Crippen LogP contribution >= 0.6 is 0 Å². The van der Waals surface area contributed by atoms with E-state index >= 15 is 0 Å². The van der Waals surface area contributed by atoms with Crippen molar-refractivity contribution < 1.29 is 9.21 Å². The van der Waals surface area contributed by atoms with Crippen molar-refractivity contribution in [2.24, 2.45) is 0 Å². The summed E-state index contributed by atoms with van der Waals surface area (Å²) in [7, 11) is 0. The van der Waals surface area contributed by atoms with Gasteiger partial charge < -0.3 is 9.73 Å². The third kappa shape index (κ3) is 1.58. The summed E-state index contributed by atoms with van der Waals surface area (Å²) in [6, 6.07) is 3.44. The maximum atomic E-state index is 11.5. The molecule has 0 aliphatic carbocycles. The predicted molar refractivity (Wildman–Crippen MR) is 47.1 cm³/mol. The van der Waals surface area contributed by atoms with Crippen molar-refractivity contribution in [3.05, 3.63) is 24.2 Å². The average molecular weight is 180 g/mol. The van der Waals surface area contributed by atoms with Gasteiger partial charge in [-0.2, -0.15) is 0 Å². The summed E-state index contributed by atoms with van der Waals surface area (Å²) < 4.78 is 5.16. The van der Waals surface area contributed by atoms with Gasteiger partial charge >= 0.3 is 0 Å². The van der Waals surface area contributed by atoms with Crippen LogP contribution in [0.1, 0.15) is 18.7 Å². The molecule has 13 heavy (non-hydrogen) atoms. The van der Waals surface area contributed by atoms with Crippen LogP contribution in [-0.2, 0) is 4.79 Å². The molecule has 2 atom stereocenters. The third-order valence-corrected chi connectivity index (χ3v) is 2.11. The summed E-state index contributed by atoms with van der Waals surface area (Å²) in [4.78, 5) is 11.5. The van der Waals surface area contributed by atoms with Gasteiger partial charge in [-0.15, -0.1) is 0 Å². The molecule has 1 aliphatic heterocycles. The molecule has 4 nitrogen and oxygen atoms in total. The molecule has 0 spiro atoms. The molecule has 4 heteroatoms. The molecule has 1 saturated heterocycles. The normalized spacial score (nSPS) is 28.5. The molecule has 2 rings (SSSR count). The summed E-state index contributed by atoms with van der Waals surface area (Å²) in [6.45, 7) is 2.74. The highest BCUT2D eigenvalue weighted by Crippen LogP contribution is 2.15. The van der Waals surface area contributed by atoms with Crippen LogP contribution in [0.25, 0.3) is 0 Å². The van der Waals surface area contributed by atoms with Gasteiger partial charge in [-0.3, -0.25) is 10.1 Å². The van der Waals surface area contributed by atoms with Crippen LogP contribution in [0.4, 0.5) is 0 Å². The largest absolute Gasteiger partial charge is 0.467 e. The van der Waals surface area contributed by atoms with Gasteiger partial charge in [0, 0.05) is 12.6 Å². The van der Waals surface area contributed by atoms with E-state index in [1.807, 2.05) is 6.92 Å². The smallest absolute Gasteiger partial charge is 0.245 e. The second-order valence-corrected chi connectivity index (χ2v) is 3.27. The summed E-state index contributed by atoms with van der Waals surface area (Å²) in [6.07, 6.45) is 1.57. The Labute approximate surface area is 76.3 Å². The third-order valence-electron chi connectivity index (χ3n) is 2.11. The fourth-order valence-corrected chi connectivity index (χ4v) is 1.45. The highest BCUT2D eigenvalue weighted by Gasteiger charge is 2.28. The Morgan fingerprint density at radius 2 is 2.46 bits per heavy atom. The molecule has 0 radical (unpaired) electrons. The predicted octanol–water partition coefficient (Wildman–Crippen LogP) is 0.429. The molecule has 2 N–H and O–H groups in total. The Hall–Kier alpha value is -1.29. The molecule has 2 heterocycles. The number of amides is 1. The molecule has 1 aromatic rings. The standard InChI is InChI=1S/C9H12N2O2/c1-6-5-10-8(9(12)11-6)7-3-2-4-13-7/h2-4,6,8,10H,5H2,1H3,(H,11,12). The lowest BCUT2D eigenvalue weighted by Crippen LogP contribution is -2.52. The molecule has 0 bridgehead atoms. The number of piperazine rings is 1. The lowest BCUT2D eigenvalue weighted by atomic mass is 10.1. The Balaban J connectivity index is 2.13. The summed E-state index contributed by atoms with van der Waals surface area (Å²) in [5, 5.41) is 5.97. The quantitative estimate of drug-likeness (QED) is 0.659. The van der Waals surface area contributed by atoms with E-state index < -0.39 is 0 Å². The summed E-state index contributed by atoms with van der Waals surface area (Å²) in [5.74, 6) is 0.651. The van der Waals surface area contributed by atoms with Crippen LogP contribution in [0.2, 0.25) is 0 Å². The highest BCUT2D eigenvalue weighted by atomic mass is 16.3. The van der Waals surface area contributed by atoms with Gasteiger partial charge in [0.1, 0.15) is 11.8 Å². The molecular formula is C9H12N2O2. The maximum Gasteiger partial charge on any atom is 0.245 e. The monoisotopic (exact) mass is 180 g/mol. The van der Waals surface area contributed by atoms with Crippen molar-refractivity contribution >= 4 is 5.91 Å². The van der Waals surface area contributed by atoms with Crippen molar-refractivity contribution in [1.82, 2.24) is 10.6 Å². The zero-order valence-corrected chi connectivity index (χ0v) is 7.41. The van der Waals surface area contributed by atoms with E-state index in [4.69, 9.17) is 4.42 Å². The number of furan rings is 1. The second-order valence-electron chi connectivity index (χ2n) is 3.27. The van der Waals surface area contributed by atoms with Gasteiger partial charge in [0.15, 0.2) is 0 Å². The van der Waals surface area contributed by atoms with Crippen LogP contribution in [0.15, 0.2) is 22.8 Å². The average Bonchev–Trinajstić information content (AvgIpc) is 2.56. The molecule has 1 fully saturated rings. The van der Waals surface area contributed by atoms with Crippen LogP contribution in [0.5, 0.6) is 0 Å². The summed E-state index contributed by atoms with van der Waals surface area (Å²) in [5.41, 5.74) is 0. The van der Waals surface area contributed by atoms with Gasteiger partial charge in [-0.25, -0.2) is 0 Å². The van der Waals surface area contributed by atoms with Crippen molar-refractivity contribution in [3.63, 3.8) is 0 Å².